The van der Waals surface area contributed by atoms with E-state index in [9.17, 15) is 5.11 Å². The van der Waals surface area contributed by atoms with Gasteiger partial charge in [0.25, 0.3) is 0 Å². The molecule has 3 rings (SSSR count). The second-order valence-corrected chi connectivity index (χ2v) is 4.86. The summed E-state index contributed by atoms with van der Waals surface area (Å²) in [4.78, 5) is 0. The average Bonchev–Trinajstić information content (AvgIpc) is 2.87. The smallest absolute Gasteiger partial charge is 0.135 e. The minimum absolute atomic E-state index is 0.354. The third-order valence-electron chi connectivity index (χ3n) is 4.41. The summed E-state index contributed by atoms with van der Waals surface area (Å²) >= 11 is 0. The van der Waals surface area contributed by atoms with E-state index in [-0.39, 0.29) is 0 Å². The van der Waals surface area contributed by atoms with Crippen LogP contribution in [0.25, 0.3) is 0 Å². The van der Waals surface area contributed by atoms with Gasteiger partial charge in [-0.3, -0.25) is 0 Å². The number of fused-ring (bicyclic) bond motifs is 2. The van der Waals surface area contributed by atoms with Crippen LogP contribution in [0.4, 0.5) is 0 Å². The van der Waals surface area contributed by atoms with Gasteiger partial charge in [0.2, 0.25) is 0 Å². The lowest BCUT2D eigenvalue weighted by Crippen LogP contribution is -2.38. The maximum atomic E-state index is 10.7. The van der Waals surface area contributed by atoms with E-state index in [0.717, 1.165) is 12.2 Å². The zero-order chi connectivity index (χ0) is 9.76. The van der Waals surface area contributed by atoms with Gasteiger partial charge in [0.1, 0.15) is 11.4 Å². The third-order valence-corrected chi connectivity index (χ3v) is 4.41. The van der Waals surface area contributed by atoms with Crippen molar-refractivity contribution in [1.29, 1.82) is 0 Å². The van der Waals surface area contributed by atoms with Crippen molar-refractivity contribution < 1.29 is 9.52 Å². The van der Waals surface area contributed by atoms with Crippen molar-refractivity contribution in [3.8, 4) is 0 Å². The Labute approximate surface area is 83.9 Å². The van der Waals surface area contributed by atoms with Crippen LogP contribution < -0.4 is 0 Å². The molecule has 0 spiro atoms. The van der Waals surface area contributed by atoms with Gasteiger partial charge in [0, 0.05) is 0 Å². The van der Waals surface area contributed by atoms with Gasteiger partial charge in [0.15, 0.2) is 0 Å². The van der Waals surface area contributed by atoms with Crippen LogP contribution in [0.15, 0.2) is 22.8 Å². The Balaban J connectivity index is 2.04. The standard InChI is InChI=1S/C12H16O2/c1-8-9-4-5-10(7-9)12(8,13)11-3-2-6-14-11/h2-3,6,8-10,13H,4-5,7H2,1H3/t8-,9+,10-,12+/m0/s1. The van der Waals surface area contributed by atoms with Crippen LogP contribution in [-0.4, -0.2) is 5.11 Å². The molecule has 1 aromatic heterocycles. The molecule has 0 saturated heterocycles. The molecule has 0 radical (unpaired) electrons. The van der Waals surface area contributed by atoms with E-state index >= 15 is 0 Å². The third kappa shape index (κ3) is 0.850. The Kier molecular flexibility index (Phi) is 1.61. The molecule has 0 amide bonds. The molecule has 2 bridgehead atoms. The minimum atomic E-state index is -0.674. The molecule has 0 aromatic carbocycles. The zero-order valence-corrected chi connectivity index (χ0v) is 8.44. The highest BCUT2D eigenvalue weighted by molar-refractivity contribution is 5.18. The highest BCUT2D eigenvalue weighted by Crippen LogP contribution is 2.58. The monoisotopic (exact) mass is 192 g/mol. The summed E-state index contributed by atoms with van der Waals surface area (Å²) in [5.74, 6) is 2.26. The van der Waals surface area contributed by atoms with Crippen LogP contribution in [0.1, 0.15) is 31.9 Å². The molecule has 2 saturated carbocycles. The number of hydrogen-bond acceptors (Lipinski definition) is 2. The molecule has 0 aliphatic heterocycles. The fraction of sp³-hybridized carbons (Fsp3) is 0.667. The van der Waals surface area contributed by atoms with E-state index in [0.29, 0.717) is 17.8 Å². The molecule has 1 heterocycles. The van der Waals surface area contributed by atoms with Crippen molar-refractivity contribution in [3.05, 3.63) is 24.2 Å². The van der Waals surface area contributed by atoms with E-state index in [2.05, 4.69) is 6.92 Å². The summed E-state index contributed by atoms with van der Waals surface area (Å²) in [6.07, 6.45) is 5.28. The summed E-state index contributed by atoms with van der Waals surface area (Å²) in [6.45, 7) is 2.16. The van der Waals surface area contributed by atoms with Crippen LogP contribution in [0.5, 0.6) is 0 Å². The topological polar surface area (TPSA) is 33.4 Å². The van der Waals surface area contributed by atoms with Crippen molar-refractivity contribution in [1.82, 2.24) is 0 Å². The Morgan fingerprint density at radius 2 is 2.36 bits per heavy atom. The predicted molar refractivity (Wildman–Crippen MR) is 52.6 cm³/mol. The van der Waals surface area contributed by atoms with Gasteiger partial charge < -0.3 is 9.52 Å². The van der Waals surface area contributed by atoms with Crippen LogP contribution in [-0.2, 0) is 5.60 Å². The summed E-state index contributed by atoms with van der Waals surface area (Å²) in [7, 11) is 0. The molecular formula is C12H16O2. The lowest BCUT2D eigenvalue weighted by Gasteiger charge is -2.36. The first kappa shape index (κ1) is 8.54. The summed E-state index contributed by atoms with van der Waals surface area (Å²) < 4.78 is 5.39. The molecule has 4 atom stereocenters. The molecule has 2 aliphatic carbocycles. The number of hydrogen-bond donors (Lipinski definition) is 1. The van der Waals surface area contributed by atoms with Gasteiger partial charge in [-0.2, -0.15) is 0 Å². The van der Waals surface area contributed by atoms with Crippen LogP contribution in [0.3, 0.4) is 0 Å². The Hall–Kier alpha value is -0.760. The molecule has 2 nitrogen and oxygen atoms in total. The average molecular weight is 192 g/mol. The highest BCUT2D eigenvalue weighted by atomic mass is 16.4. The van der Waals surface area contributed by atoms with E-state index in [1.54, 1.807) is 6.26 Å². The van der Waals surface area contributed by atoms with E-state index in [1.165, 1.54) is 12.8 Å². The van der Waals surface area contributed by atoms with Crippen molar-refractivity contribution in [2.75, 3.05) is 0 Å². The fourth-order valence-electron chi connectivity index (χ4n) is 3.53. The normalized spacial score (nSPS) is 46.0. The van der Waals surface area contributed by atoms with Gasteiger partial charge in [0.05, 0.1) is 6.26 Å². The van der Waals surface area contributed by atoms with Gasteiger partial charge >= 0.3 is 0 Å². The summed E-state index contributed by atoms with van der Waals surface area (Å²) in [6, 6.07) is 3.78. The molecule has 14 heavy (non-hydrogen) atoms. The number of rotatable bonds is 1. The van der Waals surface area contributed by atoms with Gasteiger partial charge in [-0.15, -0.1) is 0 Å². The molecule has 0 unspecified atom stereocenters. The summed E-state index contributed by atoms with van der Waals surface area (Å²) in [5, 5.41) is 10.7. The second-order valence-electron chi connectivity index (χ2n) is 4.86. The highest BCUT2D eigenvalue weighted by Gasteiger charge is 2.57. The first-order valence-corrected chi connectivity index (χ1v) is 5.49. The SMILES string of the molecule is C[C@H]1[C@@H]2CC[C@@H](C2)[C@@]1(O)c1ccco1. The lowest BCUT2D eigenvalue weighted by molar-refractivity contribution is -0.0761. The Morgan fingerprint density at radius 3 is 2.93 bits per heavy atom. The fourth-order valence-corrected chi connectivity index (χ4v) is 3.53. The van der Waals surface area contributed by atoms with Crippen LogP contribution in [0.2, 0.25) is 0 Å². The van der Waals surface area contributed by atoms with Crippen LogP contribution >= 0.6 is 0 Å². The van der Waals surface area contributed by atoms with Crippen molar-refractivity contribution >= 4 is 0 Å². The Morgan fingerprint density at radius 1 is 1.50 bits per heavy atom. The first-order valence-electron chi connectivity index (χ1n) is 5.49. The maximum absolute atomic E-state index is 10.7. The molecule has 2 aliphatic rings. The van der Waals surface area contributed by atoms with E-state index in [1.807, 2.05) is 12.1 Å². The number of furan rings is 1. The molecule has 2 heteroatoms. The number of aliphatic hydroxyl groups is 1. The Bertz CT molecular complexity index is 326. The largest absolute Gasteiger partial charge is 0.466 e. The van der Waals surface area contributed by atoms with Gasteiger partial charge in [-0.05, 0) is 49.1 Å². The van der Waals surface area contributed by atoms with E-state index < -0.39 is 5.60 Å². The maximum Gasteiger partial charge on any atom is 0.135 e. The second kappa shape index (κ2) is 2.63. The van der Waals surface area contributed by atoms with Crippen molar-refractivity contribution in [3.63, 3.8) is 0 Å². The van der Waals surface area contributed by atoms with E-state index in [4.69, 9.17) is 4.42 Å². The molecule has 1 aromatic rings. The molecule has 76 valence electrons. The zero-order valence-electron chi connectivity index (χ0n) is 8.44. The van der Waals surface area contributed by atoms with Crippen LogP contribution in [0, 0.1) is 17.8 Å². The predicted octanol–water partition coefficient (Wildman–Crippen LogP) is 2.53. The molecule has 2 fully saturated rings. The quantitative estimate of drug-likeness (QED) is 0.741. The van der Waals surface area contributed by atoms with Gasteiger partial charge in [-0.25, -0.2) is 0 Å². The first-order chi connectivity index (χ1) is 6.73. The summed E-state index contributed by atoms with van der Waals surface area (Å²) in [5.41, 5.74) is -0.674. The van der Waals surface area contributed by atoms with Crippen molar-refractivity contribution in [2.45, 2.75) is 31.8 Å². The molecule has 1 N–H and O–H groups in total. The molecular weight excluding hydrogens is 176 g/mol. The van der Waals surface area contributed by atoms with Gasteiger partial charge in [-0.1, -0.05) is 6.92 Å². The van der Waals surface area contributed by atoms with Crippen molar-refractivity contribution in [2.24, 2.45) is 17.8 Å². The minimum Gasteiger partial charge on any atom is -0.466 e. The lowest BCUT2D eigenvalue weighted by atomic mass is 9.75.